The van der Waals surface area contributed by atoms with Gasteiger partial charge in [-0.2, -0.15) is 5.10 Å². The first kappa shape index (κ1) is 16.5. The Hall–Kier alpha value is -2.38. The van der Waals surface area contributed by atoms with E-state index >= 15 is 0 Å². The molecule has 1 aromatic heterocycles. The number of carbonyl (C=O) groups excluding carboxylic acids is 3. The molecular formula is C16H23N5O3. The number of H-pyrrole nitrogens is 1. The van der Waals surface area contributed by atoms with Crippen molar-refractivity contribution in [2.45, 2.75) is 51.0 Å². The first-order chi connectivity index (χ1) is 11.6. The van der Waals surface area contributed by atoms with Crippen LogP contribution in [-0.4, -0.2) is 52.1 Å². The number of hydrogen-bond donors (Lipinski definition) is 3. The lowest BCUT2D eigenvalue weighted by atomic mass is 9.90. The van der Waals surface area contributed by atoms with E-state index in [1.165, 1.54) is 11.3 Å². The van der Waals surface area contributed by atoms with Crippen LogP contribution in [0.5, 0.6) is 0 Å². The molecule has 2 fully saturated rings. The van der Waals surface area contributed by atoms with E-state index in [1.807, 2.05) is 11.1 Å². The van der Waals surface area contributed by atoms with E-state index in [2.05, 4.69) is 27.8 Å². The second-order valence-electron chi connectivity index (χ2n) is 6.37. The minimum Gasteiger partial charge on any atom is -0.343 e. The summed E-state index contributed by atoms with van der Waals surface area (Å²) in [7, 11) is 0. The number of aromatic amines is 1. The molecule has 0 radical (unpaired) electrons. The smallest absolute Gasteiger partial charge is 0.322 e. The van der Waals surface area contributed by atoms with Crippen molar-refractivity contribution in [1.82, 2.24) is 25.7 Å². The van der Waals surface area contributed by atoms with E-state index in [-0.39, 0.29) is 18.2 Å². The van der Waals surface area contributed by atoms with Gasteiger partial charge in [0.1, 0.15) is 6.04 Å². The number of nitrogens with one attached hydrogen (secondary N) is 3. The van der Waals surface area contributed by atoms with Gasteiger partial charge in [0.2, 0.25) is 5.91 Å². The van der Waals surface area contributed by atoms with E-state index in [0.29, 0.717) is 12.3 Å². The van der Waals surface area contributed by atoms with Crippen molar-refractivity contribution >= 4 is 17.8 Å². The van der Waals surface area contributed by atoms with Crippen molar-refractivity contribution in [2.75, 3.05) is 13.1 Å². The molecule has 130 valence electrons. The molecule has 3 N–H and O–H groups in total. The molecule has 0 unspecified atom stereocenters. The van der Waals surface area contributed by atoms with Crippen molar-refractivity contribution < 1.29 is 14.4 Å². The molecule has 0 spiro atoms. The Kier molecular flexibility index (Phi) is 4.82. The summed E-state index contributed by atoms with van der Waals surface area (Å²) >= 11 is 0. The zero-order chi connectivity index (χ0) is 17.1. The van der Waals surface area contributed by atoms with E-state index in [9.17, 15) is 14.4 Å². The number of piperidine rings is 1. The minimum absolute atomic E-state index is 0.0442. The third-order valence-corrected chi connectivity index (χ3v) is 4.89. The average Bonchev–Trinajstić information content (AvgIpc) is 3.18. The molecule has 24 heavy (non-hydrogen) atoms. The van der Waals surface area contributed by atoms with Crippen LogP contribution < -0.4 is 10.6 Å². The predicted octanol–water partition coefficient (Wildman–Crippen LogP) is 0.666. The zero-order valence-electron chi connectivity index (χ0n) is 13.8. The van der Waals surface area contributed by atoms with Crippen molar-refractivity contribution in [3.63, 3.8) is 0 Å². The molecule has 0 saturated carbocycles. The lowest BCUT2D eigenvalue weighted by Gasteiger charge is -2.32. The summed E-state index contributed by atoms with van der Waals surface area (Å²) in [4.78, 5) is 36.7. The highest BCUT2D eigenvalue weighted by molar-refractivity contribution is 6.04. The number of rotatable bonds is 5. The van der Waals surface area contributed by atoms with Crippen LogP contribution in [0.4, 0.5) is 4.79 Å². The quantitative estimate of drug-likeness (QED) is 0.688. The molecule has 2 aliphatic heterocycles. The van der Waals surface area contributed by atoms with E-state index in [1.54, 1.807) is 0 Å². The van der Waals surface area contributed by atoms with E-state index < -0.39 is 12.1 Å². The Morgan fingerprint density at radius 2 is 2.08 bits per heavy atom. The monoisotopic (exact) mass is 333 g/mol. The van der Waals surface area contributed by atoms with Gasteiger partial charge in [0, 0.05) is 31.1 Å². The van der Waals surface area contributed by atoms with Gasteiger partial charge in [-0.3, -0.25) is 20.0 Å². The maximum atomic E-state index is 12.3. The Morgan fingerprint density at radius 1 is 1.33 bits per heavy atom. The fourth-order valence-corrected chi connectivity index (χ4v) is 3.46. The van der Waals surface area contributed by atoms with Gasteiger partial charge >= 0.3 is 6.03 Å². The van der Waals surface area contributed by atoms with Crippen LogP contribution in [0.25, 0.3) is 0 Å². The molecule has 1 atom stereocenters. The fourth-order valence-electron chi connectivity index (χ4n) is 3.46. The van der Waals surface area contributed by atoms with Crippen LogP contribution in [0.1, 0.15) is 49.8 Å². The van der Waals surface area contributed by atoms with Gasteiger partial charge in [0.25, 0.3) is 5.91 Å². The molecule has 2 saturated heterocycles. The van der Waals surface area contributed by atoms with Crippen molar-refractivity contribution in [3.05, 3.63) is 17.5 Å². The maximum Gasteiger partial charge on any atom is 0.322 e. The highest BCUT2D eigenvalue weighted by Crippen LogP contribution is 2.29. The lowest BCUT2D eigenvalue weighted by molar-refractivity contribution is -0.132. The van der Waals surface area contributed by atoms with Crippen molar-refractivity contribution in [1.29, 1.82) is 0 Å². The number of likely N-dealkylation sites (tertiary alicyclic amines) is 1. The average molecular weight is 333 g/mol. The molecule has 8 heteroatoms. The molecule has 3 rings (SSSR count). The van der Waals surface area contributed by atoms with Gasteiger partial charge < -0.3 is 10.2 Å². The summed E-state index contributed by atoms with van der Waals surface area (Å²) in [5.41, 5.74) is 2.46. The van der Waals surface area contributed by atoms with Crippen LogP contribution in [-0.2, 0) is 16.0 Å². The molecule has 2 aliphatic rings. The van der Waals surface area contributed by atoms with E-state index in [4.69, 9.17) is 0 Å². The Bertz CT molecular complexity index is 633. The van der Waals surface area contributed by atoms with Crippen LogP contribution in [0.2, 0.25) is 0 Å². The number of urea groups is 1. The fraction of sp³-hybridized carbons (Fsp3) is 0.625. The third-order valence-electron chi connectivity index (χ3n) is 4.89. The van der Waals surface area contributed by atoms with Gasteiger partial charge in [-0.25, -0.2) is 4.79 Å². The van der Waals surface area contributed by atoms with Gasteiger partial charge in [0.15, 0.2) is 0 Å². The zero-order valence-corrected chi connectivity index (χ0v) is 13.8. The van der Waals surface area contributed by atoms with Crippen LogP contribution in [0.15, 0.2) is 6.20 Å². The number of hydrogen-bond acceptors (Lipinski definition) is 4. The minimum atomic E-state index is -0.587. The summed E-state index contributed by atoms with van der Waals surface area (Å²) < 4.78 is 0. The second-order valence-corrected chi connectivity index (χ2v) is 6.37. The summed E-state index contributed by atoms with van der Waals surface area (Å²) in [6.07, 6.45) is 5.29. The van der Waals surface area contributed by atoms with Gasteiger partial charge in [0.05, 0.1) is 6.20 Å². The van der Waals surface area contributed by atoms with Crippen LogP contribution in [0, 0.1) is 0 Å². The van der Waals surface area contributed by atoms with Crippen molar-refractivity contribution in [2.24, 2.45) is 0 Å². The summed E-state index contributed by atoms with van der Waals surface area (Å²) in [5, 5.41) is 11.9. The molecule has 1 aromatic rings. The third kappa shape index (κ3) is 3.42. The topological polar surface area (TPSA) is 107 Å². The summed E-state index contributed by atoms with van der Waals surface area (Å²) in [5.74, 6) is 0.118. The summed E-state index contributed by atoms with van der Waals surface area (Å²) in [6, 6.07) is -1.07. The Labute approximate surface area is 140 Å². The Morgan fingerprint density at radius 3 is 2.71 bits per heavy atom. The first-order valence-corrected chi connectivity index (χ1v) is 8.49. The standard InChI is InChI=1S/C16H23N5O3/c1-2-10-9-17-20-14(10)11-5-7-21(8-6-11)13(22)4-3-12-15(23)19-16(24)18-12/h9,11-12H,2-8H2,1H3,(H,17,20)(H2,18,19,23,24)/t12-/m1/s1. The molecule has 0 aromatic carbocycles. The van der Waals surface area contributed by atoms with Gasteiger partial charge in [-0.1, -0.05) is 6.92 Å². The highest BCUT2D eigenvalue weighted by atomic mass is 16.2. The maximum absolute atomic E-state index is 12.3. The first-order valence-electron chi connectivity index (χ1n) is 8.49. The molecule has 0 bridgehead atoms. The number of carbonyl (C=O) groups is 3. The summed E-state index contributed by atoms with van der Waals surface area (Å²) in [6.45, 7) is 3.55. The molecule has 0 aliphatic carbocycles. The number of nitrogens with zero attached hydrogens (tertiary/aromatic N) is 2. The van der Waals surface area contributed by atoms with Gasteiger partial charge in [-0.15, -0.1) is 0 Å². The molecule has 8 nitrogen and oxygen atoms in total. The number of aryl methyl sites for hydroxylation is 1. The predicted molar refractivity (Wildman–Crippen MR) is 86.2 cm³/mol. The van der Waals surface area contributed by atoms with E-state index in [0.717, 1.165) is 32.4 Å². The second kappa shape index (κ2) is 7.02. The largest absolute Gasteiger partial charge is 0.343 e. The SMILES string of the molecule is CCc1cn[nH]c1C1CCN(C(=O)CC[C@H]2NC(=O)NC2=O)CC1. The van der Waals surface area contributed by atoms with Crippen LogP contribution in [0.3, 0.4) is 0 Å². The number of aromatic nitrogens is 2. The lowest BCUT2D eigenvalue weighted by Crippen LogP contribution is -2.39. The molecule has 3 heterocycles. The highest BCUT2D eigenvalue weighted by Gasteiger charge is 2.31. The normalized spacial score (nSPS) is 21.7. The number of amides is 4. The molecule has 4 amide bonds. The van der Waals surface area contributed by atoms with Crippen molar-refractivity contribution in [3.8, 4) is 0 Å². The molecular weight excluding hydrogens is 310 g/mol. The van der Waals surface area contributed by atoms with Gasteiger partial charge in [-0.05, 0) is 31.2 Å². The number of imide groups is 1. The Balaban J connectivity index is 1.47. The van der Waals surface area contributed by atoms with Crippen LogP contribution >= 0.6 is 0 Å².